The number of rotatable bonds is 5. The van der Waals surface area contributed by atoms with Crippen molar-refractivity contribution in [3.63, 3.8) is 0 Å². The van der Waals surface area contributed by atoms with E-state index in [1.165, 1.54) is 6.26 Å². The molecule has 0 aromatic heterocycles. The highest BCUT2D eigenvalue weighted by Crippen LogP contribution is 2.35. The van der Waals surface area contributed by atoms with Gasteiger partial charge in [0.15, 0.2) is 11.5 Å². The predicted molar refractivity (Wildman–Crippen MR) is 92.9 cm³/mol. The third-order valence-corrected chi connectivity index (χ3v) is 6.36. The van der Waals surface area contributed by atoms with Crippen LogP contribution in [0.3, 0.4) is 0 Å². The second kappa shape index (κ2) is 6.90. The lowest BCUT2D eigenvalue weighted by Gasteiger charge is -2.36. The van der Waals surface area contributed by atoms with Crippen LogP contribution in [0.4, 0.5) is 0 Å². The molecule has 0 spiro atoms. The fourth-order valence-electron chi connectivity index (χ4n) is 3.90. The molecule has 3 heterocycles. The molecule has 0 radical (unpaired) electrons. The molecule has 0 aliphatic carbocycles. The first kappa shape index (κ1) is 17.5. The van der Waals surface area contributed by atoms with Crippen LogP contribution in [0.2, 0.25) is 0 Å². The summed E-state index contributed by atoms with van der Waals surface area (Å²) in [6, 6.07) is 6.17. The average molecular weight is 354 g/mol. The van der Waals surface area contributed by atoms with Gasteiger partial charge in [0.1, 0.15) is 0 Å². The maximum absolute atomic E-state index is 12.0. The molecule has 3 aliphatic rings. The summed E-state index contributed by atoms with van der Waals surface area (Å²) in [5, 5.41) is 0. The molecule has 0 N–H and O–H groups in total. The van der Waals surface area contributed by atoms with Gasteiger partial charge in [0.05, 0.1) is 20.5 Å². The summed E-state index contributed by atoms with van der Waals surface area (Å²) in [4.78, 5) is 2.40. The van der Waals surface area contributed by atoms with E-state index in [2.05, 4.69) is 4.90 Å². The summed E-state index contributed by atoms with van der Waals surface area (Å²) in [6.07, 6.45) is 3.46. The van der Waals surface area contributed by atoms with Crippen molar-refractivity contribution in [3.05, 3.63) is 23.8 Å². The number of fused-ring (bicyclic) bond motifs is 4. The highest BCUT2D eigenvalue weighted by molar-refractivity contribution is 7.88. The van der Waals surface area contributed by atoms with E-state index in [1.807, 2.05) is 18.2 Å². The van der Waals surface area contributed by atoms with E-state index in [1.54, 1.807) is 18.5 Å². The molecular formula is C17H26N2O4S. The Labute approximate surface area is 144 Å². The molecule has 0 saturated carbocycles. The van der Waals surface area contributed by atoms with E-state index in [0.717, 1.165) is 43.0 Å². The Morgan fingerprint density at radius 3 is 2.58 bits per heavy atom. The van der Waals surface area contributed by atoms with Crippen molar-refractivity contribution >= 4 is 10.0 Å². The molecule has 6 nitrogen and oxygen atoms in total. The Kier molecular flexibility index (Phi) is 5.03. The zero-order valence-electron chi connectivity index (χ0n) is 14.6. The van der Waals surface area contributed by atoms with Gasteiger partial charge in [0.2, 0.25) is 10.0 Å². The van der Waals surface area contributed by atoms with Crippen molar-refractivity contribution in [2.24, 2.45) is 5.92 Å². The van der Waals surface area contributed by atoms with E-state index in [9.17, 15) is 8.42 Å². The van der Waals surface area contributed by atoms with Crippen LogP contribution in [0.15, 0.2) is 18.2 Å². The Bertz CT molecular complexity index is 692. The fourth-order valence-corrected chi connectivity index (χ4v) is 4.82. The summed E-state index contributed by atoms with van der Waals surface area (Å²) in [7, 11) is 0.160. The second-order valence-corrected chi connectivity index (χ2v) is 8.74. The van der Waals surface area contributed by atoms with Gasteiger partial charge in [-0.25, -0.2) is 12.7 Å². The molecule has 3 fully saturated rings. The Morgan fingerprint density at radius 2 is 1.92 bits per heavy atom. The standard InChI is InChI=1S/C17H26N2O4S/c1-22-16-6-4-5-14(17(16)23-2)11-18-9-13-7-8-15(18)12-19(10-13)24(3,20)21/h4-6,13,15H,7-12H2,1-3H3. The molecule has 134 valence electrons. The third-order valence-electron chi connectivity index (χ3n) is 5.12. The average Bonchev–Trinajstić information content (AvgIpc) is 2.86. The van der Waals surface area contributed by atoms with E-state index >= 15 is 0 Å². The van der Waals surface area contributed by atoms with E-state index in [4.69, 9.17) is 9.47 Å². The molecular weight excluding hydrogens is 328 g/mol. The van der Waals surface area contributed by atoms with Gasteiger partial charge in [0.25, 0.3) is 0 Å². The van der Waals surface area contributed by atoms with Gasteiger partial charge >= 0.3 is 0 Å². The summed E-state index contributed by atoms with van der Waals surface area (Å²) < 4.78 is 36.5. The van der Waals surface area contributed by atoms with Crippen LogP contribution < -0.4 is 9.47 Å². The van der Waals surface area contributed by atoms with Gasteiger partial charge in [0, 0.05) is 37.8 Å². The number of piperidine rings is 1. The third kappa shape index (κ3) is 3.53. The first-order valence-electron chi connectivity index (χ1n) is 8.31. The number of nitrogens with zero attached hydrogens (tertiary/aromatic N) is 2. The van der Waals surface area contributed by atoms with Crippen LogP contribution >= 0.6 is 0 Å². The lowest BCUT2D eigenvalue weighted by Crippen LogP contribution is -2.43. The quantitative estimate of drug-likeness (QED) is 0.803. The highest BCUT2D eigenvalue weighted by atomic mass is 32.2. The van der Waals surface area contributed by atoms with Crippen molar-refractivity contribution in [1.82, 2.24) is 9.21 Å². The molecule has 3 saturated heterocycles. The summed E-state index contributed by atoms with van der Waals surface area (Å²) in [5.41, 5.74) is 1.08. The SMILES string of the molecule is COc1cccc(CN2CC3CCC2CN(S(C)(=O)=O)C3)c1OC. The van der Waals surface area contributed by atoms with Gasteiger partial charge in [-0.3, -0.25) is 4.90 Å². The summed E-state index contributed by atoms with van der Waals surface area (Å²) >= 11 is 0. The Balaban J connectivity index is 1.82. The molecule has 2 unspecified atom stereocenters. The van der Waals surface area contributed by atoms with E-state index < -0.39 is 10.0 Å². The van der Waals surface area contributed by atoms with E-state index in [-0.39, 0.29) is 6.04 Å². The van der Waals surface area contributed by atoms with Crippen LogP contribution in [0.1, 0.15) is 18.4 Å². The zero-order valence-corrected chi connectivity index (χ0v) is 15.4. The lowest BCUT2D eigenvalue weighted by atomic mass is 9.94. The molecule has 1 aromatic rings. The first-order valence-corrected chi connectivity index (χ1v) is 10.2. The fraction of sp³-hybridized carbons (Fsp3) is 0.647. The van der Waals surface area contributed by atoms with Crippen LogP contribution in [0, 0.1) is 5.92 Å². The van der Waals surface area contributed by atoms with Crippen molar-refractivity contribution < 1.29 is 17.9 Å². The zero-order chi connectivity index (χ0) is 17.3. The topological polar surface area (TPSA) is 59.1 Å². The van der Waals surface area contributed by atoms with E-state index in [0.29, 0.717) is 19.0 Å². The van der Waals surface area contributed by atoms with Crippen molar-refractivity contribution in [2.75, 3.05) is 40.1 Å². The van der Waals surface area contributed by atoms with Crippen LogP contribution in [-0.4, -0.2) is 63.8 Å². The monoisotopic (exact) mass is 354 g/mol. The maximum Gasteiger partial charge on any atom is 0.211 e. The molecule has 1 aromatic carbocycles. The minimum absolute atomic E-state index is 0.259. The number of ether oxygens (including phenoxy) is 2. The lowest BCUT2D eigenvalue weighted by molar-refractivity contribution is 0.124. The van der Waals surface area contributed by atoms with Gasteiger partial charge < -0.3 is 9.47 Å². The van der Waals surface area contributed by atoms with Crippen molar-refractivity contribution in [3.8, 4) is 11.5 Å². The minimum Gasteiger partial charge on any atom is -0.493 e. The van der Waals surface area contributed by atoms with Crippen molar-refractivity contribution in [1.29, 1.82) is 0 Å². The van der Waals surface area contributed by atoms with Crippen molar-refractivity contribution in [2.45, 2.75) is 25.4 Å². The molecule has 2 atom stereocenters. The Hall–Kier alpha value is -1.31. The van der Waals surface area contributed by atoms with Gasteiger partial charge in [-0.05, 0) is 24.8 Å². The number of sulfonamides is 1. The minimum atomic E-state index is -3.13. The van der Waals surface area contributed by atoms with Gasteiger partial charge in [-0.15, -0.1) is 0 Å². The molecule has 0 amide bonds. The first-order chi connectivity index (χ1) is 11.4. The predicted octanol–water partition coefficient (Wildman–Crippen LogP) is 1.56. The number of benzene rings is 1. The molecule has 24 heavy (non-hydrogen) atoms. The largest absolute Gasteiger partial charge is 0.493 e. The van der Waals surface area contributed by atoms with Crippen LogP contribution in [0.5, 0.6) is 11.5 Å². The summed E-state index contributed by atoms with van der Waals surface area (Å²) in [6.45, 7) is 2.90. The number of hydrogen-bond donors (Lipinski definition) is 0. The second-order valence-electron chi connectivity index (χ2n) is 6.76. The molecule has 3 aliphatic heterocycles. The molecule has 7 heteroatoms. The number of para-hydroxylation sites is 1. The Morgan fingerprint density at radius 1 is 1.12 bits per heavy atom. The van der Waals surface area contributed by atoms with Crippen LogP contribution in [-0.2, 0) is 16.6 Å². The van der Waals surface area contributed by atoms with Gasteiger partial charge in [-0.2, -0.15) is 0 Å². The molecule has 2 bridgehead atoms. The highest BCUT2D eigenvalue weighted by Gasteiger charge is 2.37. The number of methoxy groups -OCH3 is 2. The maximum atomic E-state index is 12.0. The van der Waals surface area contributed by atoms with Crippen LogP contribution in [0.25, 0.3) is 0 Å². The normalized spacial score (nSPS) is 25.5. The molecule has 4 rings (SSSR count). The smallest absolute Gasteiger partial charge is 0.211 e. The summed E-state index contributed by atoms with van der Waals surface area (Å²) in [5.74, 6) is 1.89. The number of hydrogen-bond acceptors (Lipinski definition) is 5. The van der Waals surface area contributed by atoms with Gasteiger partial charge in [-0.1, -0.05) is 12.1 Å².